The summed E-state index contributed by atoms with van der Waals surface area (Å²) in [6.45, 7) is 0. The molecule has 8 heteroatoms. The highest BCUT2D eigenvalue weighted by molar-refractivity contribution is 7.98. The zero-order valence-electron chi connectivity index (χ0n) is 15.5. The van der Waals surface area contributed by atoms with Crippen LogP contribution in [0, 0.1) is 0 Å². The van der Waals surface area contributed by atoms with Crippen molar-refractivity contribution in [1.29, 1.82) is 0 Å². The van der Waals surface area contributed by atoms with Crippen LogP contribution in [0.3, 0.4) is 0 Å². The molecule has 0 radical (unpaired) electrons. The molecular weight excluding hydrogens is 426 g/mol. The second-order valence-corrected chi connectivity index (χ2v) is 8.19. The summed E-state index contributed by atoms with van der Waals surface area (Å²) in [5, 5.41) is 1.31. The minimum atomic E-state index is -0.410. The molecule has 3 aromatic rings. The van der Waals surface area contributed by atoms with E-state index in [9.17, 15) is 9.59 Å². The van der Waals surface area contributed by atoms with Crippen molar-refractivity contribution in [1.82, 2.24) is 15.8 Å². The first kappa shape index (κ1) is 21.2. The van der Waals surface area contributed by atoms with E-state index in [0.29, 0.717) is 21.2 Å². The van der Waals surface area contributed by atoms with Crippen molar-refractivity contribution in [3.05, 3.63) is 88.6 Å². The Labute approximate surface area is 182 Å². The van der Waals surface area contributed by atoms with E-state index in [1.54, 1.807) is 42.2 Å². The van der Waals surface area contributed by atoms with Crippen LogP contribution in [0.5, 0.6) is 0 Å². The highest BCUT2D eigenvalue weighted by Gasteiger charge is 2.13. The van der Waals surface area contributed by atoms with Gasteiger partial charge in [-0.3, -0.25) is 20.4 Å². The van der Waals surface area contributed by atoms with Crippen molar-refractivity contribution in [2.75, 3.05) is 6.26 Å². The number of amides is 2. The highest BCUT2D eigenvalue weighted by Crippen LogP contribution is 2.24. The second kappa shape index (κ2) is 10.3. The van der Waals surface area contributed by atoms with Gasteiger partial charge in [0, 0.05) is 27.4 Å². The van der Waals surface area contributed by atoms with Crippen molar-refractivity contribution in [2.45, 2.75) is 15.7 Å². The van der Waals surface area contributed by atoms with Gasteiger partial charge in [0.05, 0.1) is 5.56 Å². The number of hydrazine groups is 1. The zero-order valence-corrected chi connectivity index (χ0v) is 17.9. The third-order valence-electron chi connectivity index (χ3n) is 3.93. The lowest BCUT2D eigenvalue weighted by Crippen LogP contribution is -2.41. The highest BCUT2D eigenvalue weighted by atomic mass is 35.5. The number of rotatable bonds is 6. The summed E-state index contributed by atoms with van der Waals surface area (Å²) in [4.78, 5) is 29.8. The Morgan fingerprint density at radius 1 is 0.966 bits per heavy atom. The fourth-order valence-corrected chi connectivity index (χ4v) is 3.96. The summed E-state index contributed by atoms with van der Waals surface area (Å²) in [5.41, 5.74) is 6.83. The first-order valence-corrected chi connectivity index (χ1v) is 11.2. The molecule has 2 N–H and O–H groups in total. The van der Waals surface area contributed by atoms with Gasteiger partial charge in [0.2, 0.25) is 0 Å². The van der Waals surface area contributed by atoms with E-state index in [1.165, 1.54) is 11.8 Å². The number of carbonyl (C=O) groups is 2. The number of nitrogens with one attached hydrogen (secondary N) is 2. The fraction of sp³-hybridized carbons (Fsp3) is 0.0952. The smallest absolute Gasteiger partial charge is 0.267 e. The van der Waals surface area contributed by atoms with Gasteiger partial charge in [-0.2, -0.15) is 0 Å². The molecule has 0 saturated carbocycles. The fourth-order valence-electron chi connectivity index (χ4n) is 2.43. The number of hydrogen-bond donors (Lipinski definition) is 2. The number of thioether (sulfide) groups is 2. The number of pyridine rings is 1. The lowest BCUT2D eigenvalue weighted by Gasteiger charge is -2.09. The number of nitrogens with zero attached hydrogens (tertiary/aromatic N) is 1. The molecule has 3 rings (SSSR count). The summed E-state index contributed by atoms with van der Waals surface area (Å²) in [6, 6.07) is 18.3. The molecule has 2 aromatic carbocycles. The van der Waals surface area contributed by atoms with Crippen LogP contribution in [-0.2, 0) is 5.75 Å². The van der Waals surface area contributed by atoms with Crippen molar-refractivity contribution >= 4 is 46.9 Å². The van der Waals surface area contributed by atoms with Crippen LogP contribution in [0.15, 0.2) is 76.8 Å². The van der Waals surface area contributed by atoms with E-state index in [0.717, 1.165) is 16.2 Å². The van der Waals surface area contributed by atoms with Gasteiger partial charge in [-0.05, 0) is 60.4 Å². The summed E-state index contributed by atoms with van der Waals surface area (Å²) < 4.78 is 0. The Morgan fingerprint density at radius 2 is 1.66 bits per heavy atom. The maximum atomic E-state index is 12.3. The third kappa shape index (κ3) is 6.00. The number of halogens is 1. The maximum absolute atomic E-state index is 12.3. The van der Waals surface area contributed by atoms with Gasteiger partial charge in [0.25, 0.3) is 11.8 Å². The minimum Gasteiger partial charge on any atom is -0.267 e. The lowest BCUT2D eigenvalue weighted by molar-refractivity contribution is 0.0844. The largest absolute Gasteiger partial charge is 0.272 e. The predicted octanol–water partition coefficient (Wildman–Crippen LogP) is 4.82. The van der Waals surface area contributed by atoms with Crippen LogP contribution < -0.4 is 10.9 Å². The third-order valence-corrected chi connectivity index (χ3v) is 5.98. The Hall–Kier alpha value is -2.48. The van der Waals surface area contributed by atoms with Gasteiger partial charge in [0.1, 0.15) is 5.03 Å². The molecule has 0 saturated heterocycles. The molecule has 0 fully saturated rings. The normalized spacial score (nSPS) is 10.4. The average Bonchev–Trinajstić information content (AvgIpc) is 2.77. The van der Waals surface area contributed by atoms with E-state index < -0.39 is 5.91 Å². The summed E-state index contributed by atoms with van der Waals surface area (Å²) in [7, 11) is 0. The average molecular weight is 444 g/mol. The monoisotopic (exact) mass is 443 g/mol. The van der Waals surface area contributed by atoms with Crippen molar-refractivity contribution in [3.63, 3.8) is 0 Å². The van der Waals surface area contributed by atoms with E-state index in [-0.39, 0.29) is 5.91 Å². The molecule has 148 valence electrons. The quantitative estimate of drug-likeness (QED) is 0.422. The predicted molar refractivity (Wildman–Crippen MR) is 118 cm³/mol. The Kier molecular flexibility index (Phi) is 7.57. The molecule has 0 spiro atoms. The lowest BCUT2D eigenvalue weighted by atomic mass is 10.1. The Bertz CT molecular complexity index is 996. The number of hydrogen-bond acceptors (Lipinski definition) is 5. The molecule has 2 amide bonds. The standard InChI is InChI=1S/C21H18ClN3O2S2/c1-28-21-18(3-2-12-23-21)20(27)25-24-19(26)15-6-4-14(5-7-15)13-29-17-10-8-16(22)9-11-17/h2-12H,13H2,1H3,(H,24,26)(H,25,27). The summed E-state index contributed by atoms with van der Waals surface area (Å²) in [6.07, 6.45) is 3.46. The van der Waals surface area contributed by atoms with Crippen LogP contribution >= 0.6 is 35.1 Å². The maximum Gasteiger partial charge on any atom is 0.272 e. The topological polar surface area (TPSA) is 71.1 Å². The first-order chi connectivity index (χ1) is 14.1. The van der Waals surface area contributed by atoms with Crippen LogP contribution in [0.2, 0.25) is 5.02 Å². The van der Waals surface area contributed by atoms with Crippen LogP contribution in [0.4, 0.5) is 0 Å². The molecule has 29 heavy (non-hydrogen) atoms. The molecule has 0 aliphatic carbocycles. The van der Waals surface area contributed by atoms with Crippen molar-refractivity contribution in [2.24, 2.45) is 0 Å². The molecule has 5 nitrogen and oxygen atoms in total. The van der Waals surface area contributed by atoms with E-state index in [1.807, 2.05) is 42.7 Å². The van der Waals surface area contributed by atoms with Crippen molar-refractivity contribution < 1.29 is 9.59 Å². The van der Waals surface area contributed by atoms with Gasteiger partial charge in [0.15, 0.2) is 0 Å². The van der Waals surface area contributed by atoms with Gasteiger partial charge in [-0.1, -0.05) is 23.7 Å². The molecule has 0 atom stereocenters. The number of benzene rings is 2. The van der Waals surface area contributed by atoms with Gasteiger partial charge >= 0.3 is 0 Å². The van der Waals surface area contributed by atoms with Crippen LogP contribution in [0.1, 0.15) is 26.3 Å². The van der Waals surface area contributed by atoms with Gasteiger partial charge < -0.3 is 0 Å². The second-order valence-electron chi connectivity index (χ2n) is 5.91. The number of aromatic nitrogens is 1. The molecule has 0 aliphatic rings. The first-order valence-electron chi connectivity index (χ1n) is 8.64. The molecule has 0 aliphatic heterocycles. The van der Waals surface area contributed by atoms with Gasteiger partial charge in [-0.25, -0.2) is 4.98 Å². The zero-order chi connectivity index (χ0) is 20.6. The summed E-state index contributed by atoms with van der Waals surface area (Å²) >= 11 is 8.95. The van der Waals surface area contributed by atoms with Crippen molar-refractivity contribution in [3.8, 4) is 0 Å². The van der Waals surface area contributed by atoms with E-state index in [4.69, 9.17) is 11.6 Å². The minimum absolute atomic E-state index is 0.384. The van der Waals surface area contributed by atoms with E-state index >= 15 is 0 Å². The van der Waals surface area contributed by atoms with E-state index in [2.05, 4.69) is 15.8 Å². The summed E-state index contributed by atoms with van der Waals surface area (Å²) in [5.74, 6) is -0.0183. The molecule has 1 aromatic heterocycles. The molecule has 0 bridgehead atoms. The number of carbonyl (C=O) groups excluding carboxylic acids is 2. The molecule has 1 heterocycles. The van der Waals surface area contributed by atoms with Crippen LogP contribution in [-0.4, -0.2) is 23.1 Å². The van der Waals surface area contributed by atoms with Gasteiger partial charge in [-0.15, -0.1) is 23.5 Å². The Balaban J connectivity index is 1.53. The Morgan fingerprint density at radius 3 is 2.34 bits per heavy atom. The molecule has 0 unspecified atom stereocenters. The SMILES string of the molecule is CSc1ncccc1C(=O)NNC(=O)c1ccc(CSc2ccc(Cl)cc2)cc1. The van der Waals surface area contributed by atoms with Crippen LogP contribution in [0.25, 0.3) is 0 Å². The molecular formula is C21H18ClN3O2S2.